The number of hydrogen-bond acceptors (Lipinski definition) is 4. The highest BCUT2D eigenvalue weighted by Gasteiger charge is 2.08. The maximum absolute atomic E-state index is 11.7. The Balaban J connectivity index is 2.61. The average molecular weight is 269 g/mol. The SMILES string of the molecule is CSC(C)CNC(=O)c1ccc(C(N)=S)cn1. The van der Waals surface area contributed by atoms with Crippen molar-refractivity contribution in [1.82, 2.24) is 10.3 Å². The van der Waals surface area contributed by atoms with Gasteiger partial charge in [0.1, 0.15) is 10.7 Å². The van der Waals surface area contributed by atoms with Gasteiger partial charge in [-0.15, -0.1) is 0 Å². The van der Waals surface area contributed by atoms with Crippen LogP contribution in [0, 0.1) is 0 Å². The van der Waals surface area contributed by atoms with Crippen LogP contribution >= 0.6 is 24.0 Å². The minimum atomic E-state index is -0.180. The van der Waals surface area contributed by atoms with Crippen LogP contribution in [-0.4, -0.2) is 33.9 Å². The zero-order valence-corrected chi connectivity index (χ0v) is 11.4. The first-order chi connectivity index (χ1) is 8.04. The summed E-state index contributed by atoms with van der Waals surface area (Å²) in [4.78, 5) is 16.0. The quantitative estimate of drug-likeness (QED) is 0.786. The summed E-state index contributed by atoms with van der Waals surface area (Å²) in [7, 11) is 0. The maximum atomic E-state index is 11.7. The Morgan fingerprint density at radius 2 is 2.35 bits per heavy atom. The van der Waals surface area contributed by atoms with Gasteiger partial charge in [-0.05, 0) is 18.4 Å². The van der Waals surface area contributed by atoms with Gasteiger partial charge in [-0.1, -0.05) is 19.1 Å². The van der Waals surface area contributed by atoms with Crippen LogP contribution in [0.15, 0.2) is 18.3 Å². The number of aromatic nitrogens is 1. The highest BCUT2D eigenvalue weighted by molar-refractivity contribution is 7.99. The van der Waals surface area contributed by atoms with Gasteiger partial charge in [0, 0.05) is 23.6 Å². The monoisotopic (exact) mass is 269 g/mol. The topological polar surface area (TPSA) is 68.0 Å². The van der Waals surface area contributed by atoms with E-state index in [9.17, 15) is 4.79 Å². The fourth-order valence-electron chi connectivity index (χ4n) is 1.08. The summed E-state index contributed by atoms with van der Waals surface area (Å²) in [6.45, 7) is 2.67. The second-order valence-corrected chi connectivity index (χ2v) is 5.27. The molecule has 1 unspecified atom stereocenters. The third kappa shape index (κ3) is 4.32. The lowest BCUT2D eigenvalue weighted by Crippen LogP contribution is -2.30. The molecule has 0 radical (unpaired) electrons. The van der Waals surface area contributed by atoms with Crippen LogP contribution in [0.5, 0.6) is 0 Å². The van der Waals surface area contributed by atoms with Gasteiger partial charge < -0.3 is 11.1 Å². The van der Waals surface area contributed by atoms with Gasteiger partial charge in [-0.3, -0.25) is 9.78 Å². The van der Waals surface area contributed by atoms with Crippen molar-refractivity contribution in [2.45, 2.75) is 12.2 Å². The standard InChI is InChI=1S/C11H15N3OS2/c1-7(17-2)5-14-11(15)9-4-3-8(6-13-9)10(12)16/h3-4,6-7H,5H2,1-2H3,(H2,12,16)(H,14,15). The highest BCUT2D eigenvalue weighted by atomic mass is 32.2. The minimum absolute atomic E-state index is 0.180. The van der Waals surface area contributed by atoms with E-state index in [0.29, 0.717) is 23.1 Å². The number of thiocarbonyl (C=S) groups is 1. The molecule has 0 aliphatic rings. The average Bonchev–Trinajstić information content (AvgIpc) is 2.35. The Morgan fingerprint density at radius 3 is 2.82 bits per heavy atom. The van der Waals surface area contributed by atoms with E-state index in [4.69, 9.17) is 18.0 Å². The lowest BCUT2D eigenvalue weighted by atomic mass is 10.2. The predicted molar refractivity (Wildman–Crippen MR) is 75.4 cm³/mol. The molecule has 1 atom stereocenters. The second-order valence-electron chi connectivity index (χ2n) is 3.55. The van der Waals surface area contributed by atoms with Crippen LogP contribution in [0.25, 0.3) is 0 Å². The molecule has 0 spiro atoms. The van der Waals surface area contributed by atoms with Gasteiger partial charge in [-0.25, -0.2) is 0 Å². The molecule has 0 fully saturated rings. The van der Waals surface area contributed by atoms with E-state index in [-0.39, 0.29) is 10.9 Å². The van der Waals surface area contributed by atoms with Crippen molar-refractivity contribution in [1.29, 1.82) is 0 Å². The first-order valence-electron chi connectivity index (χ1n) is 5.11. The van der Waals surface area contributed by atoms with E-state index in [2.05, 4.69) is 10.3 Å². The maximum Gasteiger partial charge on any atom is 0.269 e. The first kappa shape index (κ1) is 13.9. The van der Waals surface area contributed by atoms with Crippen LogP contribution in [0.2, 0.25) is 0 Å². The largest absolute Gasteiger partial charge is 0.389 e. The molecule has 0 saturated carbocycles. The smallest absolute Gasteiger partial charge is 0.269 e. The molecule has 92 valence electrons. The third-order valence-corrected chi connectivity index (χ3v) is 3.44. The number of nitrogens with one attached hydrogen (secondary N) is 1. The molecule has 3 N–H and O–H groups in total. The number of nitrogens with zero attached hydrogens (tertiary/aromatic N) is 1. The zero-order chi connectivity index (χ0) is 12.8. The molecule has 1 amide bonds. The van der Waals surface area contributed by atoms with Crippen molar-refractivity contribution in [3.05, 3.63) is 29.6 Å². The van der Waals surface area contributed by atoms with E-state index in [1.807, 2.05) is 13.2 Å². The fourth-order valence-corrected chi connectivity index (χ4v) is 1.45. The third-order valence-electron chi connectivity index (χ3n) is 2.23. The second kappa shape index (κ2) is 6.56. The Kier molecular flexibility index (Phi) is 5.37. The van der Waals surface area contributed by atoms with Crippen molar-refractivity contribution in [2.75, 3.05) is 12.8 Å². The van der Waals surface area contributed by atoms with Crippen molar-refractivity contribution in [3.8, 4) is 0 Å². The molecular weight excluding hydrogens is 254 g/mol. The van der Waals surface area contributed by atoms with Crippen molar-refractivity contribution >= 4 is 34.9 Å². The van der Waals surface area contributed by atoms with E-state index in [1.165, 1.54) is 6.20 Å². The number of pyridine rings is 1. The molecule has 6 heteroatoms. The molecule has 1 rings (SSSR count). The van der Waals surface area contributed by atoms with Crippen LogP contribution in [-0.2, 0) is 0 Å². The molecule has 0 saturated heterocycles. The molecule has 0 aliphatic heterocycles. The van der Waals surface area contributed by atoms with Gasteiger partial charge >= 0.3 is 0 Å². The number of amides is 1. The summed E-state index contributed by atoms with van der Waals surface area (Å²) in [5.41, 5.74) is 6.48. The van der Waals surface area contributed by atoms with Crippen molar-refractivity contribution in [2.24, 2.45) is 5.73 Å². The molecular formula is C11H15N3OS2. The summed E-state index contributed by atoms with van der Waals surface area (Å²) in [6.07, 6.45) is 3.52. The summed E-state index contributed by atoms with van der Waals surface area (Å²) in [5.74, 6) is -0.180. The molecule has 0 bridgehead atoms. The van der Waals surface area contributed by atoms with Gasteiger partial charge in [0.25, 0.3) is 5.91 Å². The molecule has 4 nitrogen and oxygen atoms in total. The number of rotatable bonds is 5. The fraction of sp³-hybridized carbons (Fsp3) is 0.364. The van der Waals surface area contributed by atoms with Crippen molar-refractivity contribution < 1.29 is 4.79 Å². The van der Waals surface area contributed by atoms with Crippen LogP contribution in [0.4, 0.5) is 0 Å². The van der Waals surface area contributed by atoms with Gasteiger partial charge in [0.2, 0.25) is 0 Å². The lowest BCUT2D eigenvalue weighted by Gasteiger charge is -2.09. The number of carbonyl (C=O) groups is 1. The Hall–Kier alpha value is -1.14. The van der Waals surface area contributed by atoms with E-state index in [0.717, 1.165) is 0 Å². The van der Waals surface area contributed by atoms with Crippen molar-refractivity contribution in [3.63, 3.8) is 0 Å². The van der Waals surface area contributed by atoms with Gasteiger partial charge in [0.15, 0.2) is 0 Å². The van der Waals surface area contributed by atoms with E-state index < -0.39 is 0 Å². The van der Waals surface area contributed by atoms with Gasteiger partial charge in [-0.2, -0.15) is 11.8 Å². The molecule has 1 aromatic heterocycles. The summed E-state index contributed by atoms with van der Waals surface area (Å²) in [6, 6.07) is 3.32. The number of carbonyl (C=O) groups excluding carboxylic acids is 1. The van der Waals surface area contributed by atoms with Crippen LogP contribution < -0.4 is 11.1 Å². The number of nitrogens with two attached hydrogens (primary N) is 1. The van der Waals surface area contributed by atoms with E-state index >= 15 is 0 Å². The Labute approximate surface area is 110 Å². The molecule has 0 aliphatic carbocycles. The summed E-state index contributed by atoms with van der Waals surface area (Å²) in [5, 5.41) is 3.20. The Morgan fingerprint density at radius 1 is 1.65 bits per heavy atom. The minimum Gasteiger partial charge on any atom is -0.389 e. The van der Waals surface area contributed by atoms with E-state index in [1.54, 1.807) is 23.9 Å². The molecule has 17 heavy (non-hydrogen) atoms. The highest BCUT2D eigenvalue weighted by Crippen LogP contribution is 2.04. The molecule has 0 aromatic carbocycles. The van der Waals surface area contributed by atoms with Gasteiger partial charge in [0.05, 0.1) is 0 Å². The molecule has 1 heterocycles. The summed E-state index contributed by atoms with van der Waals surface area (Å²) < 4.78 is 0. The molecule has 1 aromatic rings. The van der Waals surface area contributed by atoms with Crippen LogP contribution in [0.1, 0.15) is 23.0 Å². The Bertz CT molecular complexity index is 406. The lowest BCUT2D eigenvalue weighted by molar-refractivity contribution is 0.0949. The normalized spacial score (nSPS) is 11.9. The number of hydrogen-bond donors (Lipinski definition) is 2. The first-order valence-corrected chi connectivity index (χ1v) is 6.81. The zero-order valence-electron chi connectivity index (χ0n) is 9.77. The predicted octanol–water partition coefficient (Wildman–Crippen LogP) is 1.20. The number of thioether (sulfide) groups is 1. The van der Waals surface area contributed by atoms with Crippen LogP contribution in [0.3, 0.4) is 0 Å². The summed E-state index contributed by atoms with van der Waals surface area (Å²) >= 11 is 6.51.